The molecule has 1 fully saturated rings. The lowest BCUT2D eigenvalue weighted by molar-refractivity contribution is -0.133. The molecule has 0 bridgehead atoms. The first kappa shape index (κ1) is 14.9. The second-order valence-electron chi connectivity index (χ2n) is 5.23. The van der Waals surface area contributed by atoms with Gasteiger partial charge in [0.15, 0.2) is 0 Å². The van der Waals surface area contributed by atoms with Gasteiger partial charge < -0.3 is 14.8 Å². The number of hydrogen-bond donors (Lipinski definition) is 1. The van der Waals surface area contributed by atoms with Gasteiger partial charge in [0.2, 0.25) is 5.91 Å². The second-order valence-corrected chi connectivity index (χ2v) is 5.23. The minimum Gasteiger partial charge on any atom is -0.491 e. The molecule has 0 spiro atoms. The first-order chi connectivity index (χ1) is 9.68. The van der Waals surface area contributed by atoms with Crippen molar-refractivity contribution in [2.24, 2.45) is 5.92 Å². The molecule has 1 amide bonds. The molecule has 1 aromatic rings. The van der Waals surface area contributed by atoms with Crippen LogP contribution in [0.25, 0.3) is 0 Å². The van der Waals surface area contributed by atoms with Crippen LogP contribution in [0.2, 0.25) is 0 Å². The summed E-state index contributed by atoms with van der Waals surface area (Å²) in [5.74, 6) is 0.920. The first-order valence-corrected chi connectivity index (χ1v) is 7.26. The van der Waals surface area contributed by atoms with Crippen LogP contribution in [0, 0.1) is 12.8 Å². The standard InChI is InChI=1S/C16H23NO3/c1-12-6-3-4-8-15(12)20-11-9-17-16(18)14-7-5-10-19-13(14)2/h3-4,6,8,13-14H,5,7,9-11H2,1-2H3,(H,17,18). The normalized spacial score (nSPS) is 22.3. The Balaban J connectivity index is 1.70. The van der Waals surface area contributed by atoms with E-state index in [-0.39, 0.29) is 17.9 Å². The Morgan fingerprint density at radius 1 is 1.45 bits per heavy atom. The number of amides is 1. The van der Waals surface area contributed by atoms with Crippen LogP contribution in [0.3, 0.4) is 0 Å². The molecule has 2 rings (SSSR count). The van der Waals surface area contributed by atoms with E-state index in [1.165, 1.54) is 0 Å². The molecule has 4 heteroatoms. The Morgan fingerprint density at radius 2 is 2.25 bits per heavy atom. The molecule has 1 aliphatic rings. The fourth-order valence-corrected chi connectivity index (χ4v) is 2.45. The van der Waals surface area contributed by atoms with Crippen LogP contribution in [0.15, 0.2) is 24.3 Å². The summed E-state index contributed by atoms with van der Waals surface area (Å²) >= 11 is 0. The van der Waals surface area contributed by atoms with Gasteiger partial charge in [-0.3, -0.25) is 4.79 Å². The summed E-state index contributed by atoms with van der Waals surface area (Å²) < 4.78 is 11.2. The van der Waals surface area contributed by atoms with Gasteiger partial charge in [0.1, 0.15) is 12.4 Å². The van der Waals surface area contributed by atoms with E-state index in [2.05, 4.69) is 5.32 Å². The fourth-order valence-electron chi connectivity index (χ4n) is 2.45. The van der Waals surface area contributed by atoms with Gasteiger partial charge in [0.25, 0.3) is 0 Å². The molecule has 1 aliphatic heterocycles. The van der Waals surface area contributed by atoms with E-state index >= 15 is 0 Å². The van der Waals surface area contributed by atoms with Gasteiger partial charge in [-0.25, -0.2) is 0 Å². The van der Waals surface area contributed by atoms with Gasteiger partial charge in [0, 0.05) is 6.61 Å². The zero-order valence-corrected chi connectivity index (χ0v) is 12.2. The summed E-state index contributed by atoms with van der Waals surface area (Å²) in [6, 6.07) is 7.87. The van der Waals surface area contributed by atoms with Crippen LogP contribution < -0.4 is 10.1 Å². The summed E-state index contributed by atoms with van der Waals surface area (Å²) in [5, 5.41) is 2.93. The molecule has 0 radical (unpaired) electrons. The number of carbonyl (C=O) groups is 1. The van der Waals surface area contributed by atoms with Gasteiger partial charge in [-0.2, -0.15) is 0 Å². The van der Waals surface area contributed by atoms with E-state index in [0.29, 0.717) is 13.2 Å². The maximum absolute atomic E-state index is 12.0. The molecule has 2 unspecified atom stereocenters. The smallest absolute Gasteiger partial charge is 0.225 e. The van der Waals surface area contributed by atoms with Gasteiger partial charge in [-0.15, -0.1) is 0 Å². The molecular formula is C16H23NO3. The maximum atomic E-state index is 12.0. The summed E-state index contributed by atoms with van der Waals surface area (Å²) in [5.41, 5.74) is 1.10. The van der Waals surface area contributed by atoms with E-state index in [4.69, 9.17) is 9.47 Å². The number of aryl methyl sites for hydroxylation is 1. The molecule has 1 heterocycles. The number of hydrogen-bond acceptors (Lipinski definition) is 3. The quantitative estimate of drug-likeness (QED) is 0.840. The number of nitrogens with one attached hydrogen (secondary N) is 1. The van der Waals surface area contributed by atoms with E-state index < -0.39 is 0 Å². The Kier molecular flexibility index (Phi) is 5.41. The highest BCUT2D eigenvalue weighted by atomic mass is 16.5. The highest BCUT2D eigenvalue weighted by Crippen LogP contribution is 2.20. The minimum absolute atomic E-state index is 0.0148. The van der Waals surface area contributed by atoms with E-state index in [9.17, 15) is 4.79 Å². The number of ether oxygens (including phenoxy) is 2. The van der Waals surface area contributed by atoms with Crippen molar-refractivity contribution in [2.75, 3.05) is 19.8 Å². The molecule has 110 valence electrons. The third-order valence-electron chi connectivity index (χ3n) is 3.70. The van der Waals surface area contributed by atoms with Gasteiger partial charge in [0.05, 0.1) is 18.6 Å². The van der Waals surface area contributed by atoms with Crippen molar-refractivity contribution < 1.29 is 14.3 Å². The molecule has 0 saturated carbocycles. The zero-order chi connectivity index (χ0) is 14.4. The molecule has 1 saturated heterocycles. The van der Waals surface area contributed by atoms with E-state index in [1.807, 2.05) is 38.1 Å². The van der Waals surface area contributed by atoms with Crippen molar-refractivity contribution in [3.63, 3.8) is 0 Å². The molecular weight excluding hydrogens is 254 g/mol. The fraction of sp³-hybridized carbons (Fsp3) is 0.562. The van der Waals surface area contributed by atoms with Gasteiger partial charge in [-0.05, 0) is 38.3 Å². The van der Waals surface area contributed by atoms with Crippen molar-refractivity contribution >= 4 is 5.91 Å². The average molecular weight is 277 g/mol. The summed E-state index contributed by atoms with van der Waals surface area (Å²) in [4.78, 5) is 12.0. The molecule has 20 heavy (non-hydrogen) atoms. The van der Waals surface area contributed by atoms with Crippen LogP contribution in [0.1, 0.15) is 25.3 Å². The van der Waals surface area contributed by atoms with Crippen molar-refractivity contribution in [3.05, 3.63) is 29.8 Å². The van der Waals surface area contributed by atoms with Crippen LogP contribution >= 0.6 is 0 Å². The van der Waals surface area contributed by atoms with Gasteiger partial charge >= 0.3 is 0 Å². The van der Waals surface area contributed by atoms with Crippen molar-refractivity contribution in [2.45, 2.75) is 32.8 Å². The lowest BCUT2D eigenvalue weighted by Gasteiger charge is -2.28. The second kappa shape index (κ2) is 7.29. The molecule has 1 N–H and O–H groups in total. The number of para-hydroxylation sites is 1. The zero-order valence-electron chi connectivity index (χ0n) is 12.2. The van der Waals surface area contributed by atoms with Crippen LogP contribution in [-0.2, 0) is 9.53 Å². The number of carbonyl (C=O) groups excluding carboxylic acids is 1. The predicted octanol–water partition coefficient (Wildman–Crippen LogP) is 2.31. The molecule has 0 aromatic heterocycles. The molecule has 2 atom stereocenters. The number of benzene rings is 1. The van der Waals surface area contributed by atoms with Crippen LogP contribution in [-0.4, -0.2) is 31.8 Å². The monoisotopic (exact) mass is 277 g/mol. The summed E-state index contributed by atoms with van der Waals surface area (Å²) in [7, 11) is 0. The Bertz CT molecular complexity index is 447. The summed E-state index contributed by atoms with van der Waals surface area (Å²) in [6.45, 7) is 5.75. The molecule has 0 aliphatic carbocycles. The van der Waals surface area contributed by atoms with Gasteiger partial charge in [-0.1, -0.05) is 18.2 Å². The number of rotatable bonds is 5. The first-order valence-electron chi connectivity index (χ1n) is 7.26. The lowest BCUT2D eigenvalue weighted by Crippen LogP contribution is -2.41. The van der Waals surface area contributed by atoms with Crippen molar-refractivity contribution in [3.8, 4) is 5.75 Å². The predicted molar refractivity (Wildman–Crippen MR) is 77.8 cm³/mol. The molecule has 4 nitrogen and oxygen atoms in total. The summed E-state index contributed by atoms with van der Waals surface area (Å²) in [6.07, 6.45) is 1.88. The minimum atomic E-state index is -0.0257. The topological polar surface area (TPSA) is 47.6 Å². The van der Waals surface area contributed by atoms with Crippen molar-refractivity contribution in [1.82, 2.24) is 5.32 Å². The molecule has 1 aromatic carbocycles. The van der Waals surface area contributed by atoms with E-state index in [0.717, 1.165) is 30.8 Å². The Labute approximate surface area is 120 Å². The average Bonchev–Trinajstić information content (AvgIpc) is 2.45. The van der Waals surface area contributed by atoms with Crippen LogP contribution in [0.4, 0.5) is 0 Å². The highest BCUT2D eigenvalue weighted by molar-refractivity contribution is 5.79. The SMILES string of the molecule is Cc1ccccc1OCCNC(=O)C1CCCOC1C. The van der Waals surface area contributed by atoms with Crippen molar-refractivity contribution in [1.29, 1.82) is 0 Å². The largest absolute Gasteiger partial charge is 0.491 e. The third kappa shape index (κ3) is 3.97. The Hall–Kier alpha value is -1.55. The Morgan fingerprint density at radius 3 is 3.00 bits per heavy atom. The highest BCUT2D eigenvalue weighted by Gasteiger charge is 2.28. The third-order valence-corrected chi connectivity index (χ3v) is 3.70. The van der Waals surface area contributed by atoms with E-state index in [1.54, 1.807) is 0 Å². The maximum Gasteiger partial charge on any atom is 0.225 e. The lowest BCUT2D eigenvalue weighted by atomic mass is 9.94. The van der Waals surface area contributed by atoms with Crippen LogP contribution in [0.5, 0.6) is 5.75 Å².